The van der Waals surface area contributed by atoms with E-state index in [0.717, 1.165) is 12.8 Å². The number of carbonyl (C=O) groups is 2. The molecule has 0 spiro atoms. The van der Waals surface area contributed by atoms with Crippen molar-refractivity contribution >= 4 is 11.9 Å². The minimum absolute atomic E-state index is 0.0619. The lowest BCUT2D eigenvalue weighted by atomic mass is 10.1. The number of hydrogen-bond acceptors (Lipinski definition) is 3. The summed E-state index contributed by atoms with van der Waals surface area (Å²) in [5, 5.41) is 9.02. The number of benzene rings is 1. The van der Waals surface area contributed by atoms with Crippen LogP contribution in [0.4, 0.5) is 4.39 Å². The summed E-state index contributed by atoms with van der Waals surface area (Å²) in [6.45, 7) is 0.660. The minimum Gasteiger partial charge on any atom is -0.477 e. The van der Waals surface area contributed by atoms with Crippen LogP contribution < -0.4 is 0 Å². The third-order valence-electron chi connectivity index (χ3n) is 3.97. The summed E-state index contributed by atoms with van der Waals surface area (Å²) in [7, 11) is 0. The van der Waals surface area contributed by atoms with Gasteiger partial charge >= 0.3 is 5.97 Å². The molecule has 1 amide bonds. The van der Waals surface area contributed by atoms with Crippen LogP contribution in [0.1, 0.15) is 39.4 Å². The number of aromatic nitrogens is 1. The van der Waals surface area contributed by atoms with E-state index in [1.807, 2.05) is 0 Å². The summed E-state index contributed by atoms with van der Waals surface area (Å²) < 4.78 is 13.9. The summed E-state index contributed by atoms with van der Waals surface area (Å²) in [6.07, 6.45) is 2.09. The molecule has 0 unspecified atom stereocenters. The maximum atomic E-state index is 13.9. The monoisotopic (exact) mass is 328 g/mol. The molecular weight excluding hydrogens is 311 g/mol. The molecule has 2 aromatic rings. The first-order valence-corrected chi connectivity index (χ1v) is 7.77. The lowest BCUT2D eigenvalue weighted by Crippen LogP contribution is -2.33. The average Bonchev–Trinajstić information content (AvgIpc) is 3.39. The van der Waals surface area contributed by atoms with E-state index in [1.165, 1.54) is 24.3 Å². The van der Waals surface area contributed by atoms with Crippen LogP contribution in [-0.2, 0) is 6.54 Å². The first-order valence-electron chi connectivity index (χ1n) is 7.77. The van der Waals surface area contributed by atoms with Gasteiger partial charge in [-0.3, -0.25) is 4.79 Å². The van der Waals surface area contributed by atoms with Gasteiger partial charge in [-0.25, -0.2) is 14.2 Å². The fourth-order valence-electron chi connectivity index (χ4n) is 2.50. The van der Waals surface area contributed by atoms with Crippen LogP contribution in [0, 0.1) is 11.7 Å². The summed E-state index contributed by atoms with van der Waals surface area (Å²) in [4.78, 5) is 29.2. The zero-order chi connectivity index (χ0) is 17.1. The van der Waals surface area contributed by atoms with E-state index < -0.39 is 5.97 Å². The van der Waals surface area contributed by atoms with E-state index in [-0.39, 0.29) is 29.7 Å². The van der Waals surface area contributed by atoms with E-state index in [2.05, 4.69) is 4.98 Å². The molecule has 0 bridgehead atoms. The van der Waals surface area contributed by atoms with Crippen molar-refractivity contribution in [1.82, 2.24) is 9.88 Å². The molecule has 124 valence electrons. The van der Waals surface area contributed by atoms with E-state index in [9.17, 15) is 14.0 Å². The van der Waals surface area contributed by atoms with Crippen molar-refractivity contribution in [3.63, 3.8) is 0 Å². The topological polar surface area (TPSA) is 70.5 Å². The minimum atomic E-state index is -1.19. The van der Waals surface area contributed by atoms with Crippen molar-refractivity contribution < 1.29 is 19.1 Å². The van der Waals surface area contributed by atoms with Crippen LogP contribution in [0.5, 0.6) is 0 Å². The Kier molecular flexibility index (Phi) is 4.55. The molecule has 0 atom stereocenters. The van der Waals surface area contributed by atoms with Gasteiger partial charge in [-0.15, -0.1) is 0 Å². The van der Waals surface area contributed by atoms with Gasteiger partial charge in [0.1, 0.15) is 17.2 Å². The number of rotatable bonds is 6. The van der Waals surface area contributed by atoms with Gasteiger partial charge in [0.05, 0.1) is 0 Å². The summed E-state index contributed by atoms with van der Waals surface area (Å²) >= 11 is 0. The lowest BCUT2D eigenvalue weighted by Gasteiger charge is -2.23. The van der Waals surface area contributed by atoms with Crippen molar-refractivity contribution in [3.05, 3.63) is 65.2 Å². The molecule has 0 radical (unpaired) electrons. The number of hydrogen-bond donors (Lipinski definition) is 1. The number of amides is 1. The lowest BCUT2D eigenvalue weighted by molar-refractivity contribution is 0.0689. The molecule has 1 N–H and O–H groups in total. The van der Waals surface area contributed by atoms with Gasteiger partial charge in [0.2, 0.25) is 0 Å². The van der Waals surface area contributed by atoms with Crippen LogP contribution in [0.2, 0.25) is 0 Å². The molecule has 6 heteroatoms. The Morgan fingerprint density at radius 3 is 2.50 bits per heavy atom. The Morgan fingerprint density at radius 2 is 1.83 bits per heavy atom. The molecule has 0 saturated heterocycles. The molecule has 1 fully saturated rings. The van der Waals surface area contributed by atoms with E-state index in [1.54, 1.807) is 23.1 Å². The standard InChI is InChI=1S/C18H17FN2O3/c19-14-5-2-1-4-13(14)11-21(10-12-8-9-12)17(22)15-6-3-7-16(20-15)18(23)24/h1-7,12H,8-11H2,(H,23,24). The average molecular weight is 328 g/mol. The summed E-state index contributed by atoms with van der Waals surface area (Å²) in [6, 6.07) is 10.6. The smallest absolute Gasteiger partial charge is 0.354 e. The molecule has 1 heterocycles. The predicted octanol–water partition coefficient (Wildman–Crippen LogP) is 2.97. The predicted molar refractivity (Wildman–Crippen MR) is 85.1 cm³/mol. The second-order valence-corrected chi connectivity index (χ2v) is 5.93. The molecule has 1 aliphatic rings. The number of aromatic carboxylic acids is 1. The maximum Gasteiger partial charge on any atom is 0.354 e. The molecule has 0 aliphatic heterocycles. The zero-order valence-electron chi connectivity index (χ0n) is 13.0. The fraction of sp³-hybridized carbons (Fsp3) is 0.278. The molecule has 1 aromatic carbocycles. The van der Waals surface area contributed by atoms with Crippen molar-refractivity contribution in [2.45, 2.75) is 19.4 Å². The van der Waals surface area contributed by atoms with Gasteiger partial charge in [-0.05, 0) is 37.0 Å². The van der Waals surface area contributed by atoms with Crippen molar-refractivity contribution in [1.29, 1.82) is 0 Å². The van der Waals surface area contributed by atoms with Crippen molar-refractivity contribution in [3.8, 4) is 0 Å². The van der Waals surface area contributed by atoms with Gasteiger partial charge < -0.3 is 10.0 Å². The van der Waals surface area contributed by atoms with Gasteiger partial charge in [-0.2, -0.15) is 0 Å². The molecular formula is C18H17FN2O3. The van der Waals surface area contributed by atoms with Crippen molar-refractivity contribution in [2.75, 3.05) is 6.54 Å². The Morgan fingerprint density at radius 1 is 1.12 bits per heavy atom. The summed E-state index contributed by atoms with van der Waals surface area (Å²) in [5.41, 5.74) is 0.311. The Hall–Kier alpha value is -2.76. The zero-order valence-corrected chi connectivity index (χ0v) is 13.0. The van der Waals surface area contributed by atoms with Gasteiger partial charge in [-0.1, -0.05) is 24.3 Å². The van der Waals surface area contributed by atoms with Crippen LogP contribution in [-0.4, -0.2) is 33.4 Å². The number of carboxylic acids is 1. The molecule has 1 aliphatic carbocycles. The first kappa shape index (κ1) is 16.1. The molecule has 1 saturated carbocycles. The fourth-order valence-corrected chi connectivity index (χ4v) is 2.50. The number of carboxylic acid groups (broad SMARTS) is 1. The van der Waals surface area contributed by atoms with E-state index >= 15 is 0 Å². The van der Waals surface area contributed by atoms with Gasteiger partial charge in [0.25, 0.3) is 5.91 Å². The molecule has 24 heavy (non-hydrogen) atoms. The second kappa shape index (κ2) is 6.78. The highest BCUT2D eigenvalue weighted by atomic mass is 19.1. The quantitative estimate of drug-likeness (QED) is 0.885. The highest BCUT2D eigenvalue weighted by Gasteiger charge is 2.28. The third-order valence-corrected chi connectivity index (χ3v) is 3.97. The number of halogens is 1. The van der Waals surface area contributed by atoms with Crippen LogP contribution >= 0.6 is 0 Å². The number of nitrogens with zero attached hydrogens (tertiary/aromatic N) is 2. The SMILES string of the molecule is O=C(O)c1cccc(C(=O)N(Cc2ccccc2F)CC2CC2)n1. The van der Waals surface area contributed by atoms with E-state index in [4.69, 9.17) is 5.11 Å². The number of pyridine rings is 1. The normalized spacial score (nSPS) is 13.5. The van der Waals surface area contributed by atoms with Crippen LogP contribution in [0.25, 0.3) is 0 Å². The Labute approximate surface area is 138 Å². The molecule has 5 nitrogen and oxygen atoms in total. The van der Waals surface area contributed by atoms with Gasteiger partial charge in [0.15, 0.2) is 0 Å². The Balaban J connectivity index is 1.85. The van der Waals surface area contributed by atoms with E-state index in [0.29, 0.717) is 18.0 Å². The van der Waals surface area contributed by atoms with Crippen LogP contribution in [0.15, 0.2) is 42.5 Å². The first-order chi connectivity index (χ1) is 11.5. The molecule has 3 rings (SSSR count). The molecule has 1 aromatic heterocycles. The third kappa shape index (κ3) is 3.76. The summed E-state index contributed by atoms with van der Waals surface area (Å²) in [5.74, 6) is -1.51. The highest BCUT2D eigenvalue weighted by Crippen LogP contribution is 2.30. The second-order valence-electron chi connectivity index (χ2n) is 5.93. The van der Waals surface area contributed by atoms with Crippen molar-refractivity contribution in [2.24, 2.45) is 5.92 Å². The highest BCUT2D eigenvalue weighted by molar-refractivity contribution is 5.94. The number of carbonyl (C=O) groups excluding carboxylic acids is 1. The maximum absolute atomic E-state index is 13.9. The van der Waals surface area contributed by atoms with Crippen LogP contribution in [0.3, 0.4) is 0 Å². The largest absolute Gasteiger partial charge is 0.477 e. The Bertz CT molecular complexity index is 774. The van der Waals surface area contributed by atoms with Gasteiger partial charge in [0, 0.05) is 18.7 Å².